The smallest absolute Gasteiger partial charge is 0.254 e. The van der Waals surface area contributed by atoms with Gasteiger partial charge in [0.25, 0.3) is 5.91 Å². The molecule has 1 fully saturated rings. The molecule has 5 nitrogen and oxygen atoms in total. The second-order valence-corrected chi connectivity index (χ2v) is 8.20. The summed E-state index contributed by atoms with van der Waals surface area (Å²) in [4.78, 5) is 41.8. The molecule has 3 aromatic rings. The predicted molar refractivity (Wildman–Crippen MR) is 126 cm³/mol. The first kappa shape index (κ1) is 21.8. The van der Waals surface area contributed by atoms with E-state index in [1.165, 1.54) is 0 Å². The Hall–Kier alpha value is -3.44. The summed E-state index contributed by atoms with van der Waals surface area (Å²) in [6.07, 6.45) is 0. The van der Waals surface area contributed by atoms with E-state index in [9.17, 15) is 14.4 Å². The number of carbonyl (C=O) groups excluding carboxylic acids is 3. The molecule has 32 heavy (non-hydrogen) atoms. The first-order valence-electron chi connectivity index (χ1n) is 10.5. The molecule has 1 aliphatic heterocycles. The predicted octanol–water partition coefficient (Wildman–Crippen LogP) is 4.74. The highest BCUT2D eigenvalue weighted by atomic mass is 35.5. The quantitative estimate of drug-likeness (QED) is 0.531. The number of rotatable bonds is 5. The van der Waals surface area contributed by atoms with Crippen LogP contribution in [0.5, 0.6) is 0 Å². The van der Waals surface area contributed by atoms with Crippen molar-refractivity contribution in [3.8, 4) is 0 Å². The standard InChI is InChI=1S/C26H23ClN2O3/c1-18(30)19-8-12-22(13-9-19)28-14-16-29(17-15-28)26(32)24-5-3-2-4-23(24)25(31)20-6-10-21(27)11-7-20/h2-13H,14-17H2,1H3. The molecule has 1 saturated heterocycles. The average Bonchev–Trinajstić information content (AvgIpc) is 2.84. The first-order chi connectivity index (χ1) is 15.4. The van der Waals surface area contributed by atoms with E-state index in [1.807, 2.05) is 24.3 Å². The van der Waals surface area contributed by atoms with E-state index < -0.39 is 0 Å². The van der Waals surface area contributed by atoms with Crippen molar-refractivity contribution in [1.82, 2.24) is 4.90 Å². The lowest BCUT2D eigenvalue weighted by molar-refractivity contribution is 0.0742. The van der Waals surface area contributed by atoms with Crippen LogP contribution in [0.25, 0.3) is 0 Å². The van der Waals surface area contributed by atoms with Gasteiger partial charge in [0.05, 0.1) is 5.56 Å². The van der Waals surface area contributed by atoms with E-state index in [0.717, 1.165) is 5.69 Å². The van der Waals surface area contributed by atoms with Crippen molar-refractivity contribution in [1.29, 1.82) is 0 Å². The fraction of sp³-hybridized carbons (Fsp3) is 0.192. The van der Waals surface area contributed by atoms with Gasteiger partial charge in [-0.05, 0) is 61.5 Å². The molecule has 0 spiro atoms. The van der Waals surface area contributed by atoms with Gasteiger partial charge in [-0.1, -0.05) is 29.8 Å². The molecular formula is C26H23ClN2O3. The van der Waals surface area contributed by atoms with Gasteiger partial charge in [0, 0.05) is 53.6 Å². The third kappa shape index (κ3) is 4.58. The lowest BCUT2D eigenvalue weighted by Gasteiger charge is -2.36. The van der Waals surface area contributed by atoms with Gasteiger partial charge < -0.3 is 9.80 Å². The number of piperazine rings is 1. The fourth-order valence-corrected chi connectivity index (χ4v) is 4.00. The molecule has 0 radical (unpaired) electrons. The Bertz CT molecular complexity index is 1150. The maximum atomic E-state index is 13.3. The molecule has 0 bridgehead atoms. The van der Waals surface area contributed by atoms with E-state index in [0.29, 0.717) is 53.5 Å². The summed E-state index contributed by atoms with van der Waals surface area (Å²) < 4.78 is 0. The van der Waals surface area contributed by atoms with E-state index in [2.05, 4.69) is 4.90 Å². The highest BCUT2D eigenvalue weighted by Gasteiger charge is 2.26. The minimum atomic E-state index is -0.199. The number of hydrogen-bond acceptors (Lipinski definition) is 4. The minimum absolute atomic E-state index is 0.0405. The monoisotopic (exact) mass is 446 g/mol. The zero-order valence-electron chi connectivity index (χ0n) is 17.8. The number of ketones is 2. The molecule has 1 amide bonds. The Labute approximate surface area is 192 Å². The Morgan fingerprint density at radius 1 is 0.719 bits per heavy atom. The minimum Gasteiger partial charge on any atom is -0.368 e. The van der Waals surface area contributed by atoms with Crippen LogP contribution in [0.2, 0.25) is 5.02 Å². The number of amides is 1. The third-order valence-corrected chi connectivity index (χ3v) is 5.97. The molecule has 1 aliphatic rings. The van der Waals surface area contributed by atoms with Gasteiger partial charge in [0.1, 0.15) is 0 Å². The van der Waals surface area contributed by atoms with E-state index >= 15 is 0 Å². The summed E-state index contributed by atoms with van der Waals surface area (Å²) >= 11 is 5.93. The number of hydrogen-bond donors (Lipinski definition) is 0. The van der Waals surface area contributed by atoms with Gasteiger partial charge in [-0.3, -0.25) is 14.4 Å². The molecule has 0 aromatic heterocycles. The zero-order valence-corrected chi connectivity index (χ0v) is 18.5. The van der Waals surface area contributed by atoms with E-state index in [-0.39, 0.29) is 17.5 Å². The number of benzene rings is 3. The van der Waals surface area contributed by atoms with Crippen LogP contribution in [0.1, 0.15) is 43.6 Å². The first-order valence-corrected chi connectivity index (χ1v) is 10.9. The maximum Gasteiger partial charge on any atom is 0.254 e. The Kier molecular flexibility index (Phi) is 6.37. The van der Waals surface area contributed by atoms with Crippen molar-refractivity contribution in [2.24, 2.45) is 0 Å². The van der Waals surface area contributed by atoms with Gasteiger partial charge in [0.2, 0.25) is 0 Å². The summed E-state index contributed by atoms with van der Waals surface area (Å²) in [5, 5.41) is 0.555. The summed E-state index contributed by atoms with van der Waals surface area (Å²) in [5.74, 6) is -0.303. The number of anilines is 1. The van der Waals surface area contributed by atoms with Crippen molar-refractivity contribution in [3.05, 3.63) is 100 Å². The summed E-state index contributed by atoms with van der Waals surface area (Å²) in [6, 6.07) is 21.1. The highest BCUT2D eigenvalue weighted by Crippen LogP contribution is 2.21. The fourth-order valence-electron chi connectivity index (χ4n) is 3.87. The zero-order chi connectivity index (χ0) is 22.7. The van der Waals surface area contributed by atoms with Gasteiger partial charge >= 0.3 is 0 Å². The van der Waals surface area contributed by atoms with Crippen molar-refractivity contribution < 1.29 is 14.4 Å². The Morgan fingerprint density at radius 3 is 1.88 bits per heavy atom. The lowest BCUT2D eigenvalue weighted by Crippen LogP contribution is -2.49. The second kappa shape index (κ2) is 9.37. The molecule has 162 valence electrons. The summed E-state index contributed by atoms with van der Waals surface area (Å²) in [7, 11) is 0. The van der Waals surface area contributed by atoms with Crippen LogP contribution in [0.15, 0.2) is 72.8 Å². The maximum absolute atomic E-state index is 13.3. The van der Waals surface area contributed by atoms with Gasteiger partial charge in [0.15, 0.2) is 11.6 Å². The lowest BCUT2D eigenvalue weighted by atomic mass is 9.97. The van der Waals surface area contributed by atoms with E-state index in [4.69, 9.17) is 11.6 Å². The molecule has 3 aromatic carbocycles. The average molecular weight is 447 g/mol. The SMILES string of the molecule is CC(=O)c1ccc(N2CCN(C(=O)c3ccccc3C(=O)c3ccc(Cl)cc3)CC2)cc1. The van der Waals surface area contributed by atoms with Crippen LogP contribution >= 0.6 is 11.6 Å². The van der Waals surface area contributed by atoms with Gasteiger partial charge in [-0.15, -0.1) is 0 Å². The Morgan fingerprint density at radius 2 is 1.28 bits per heavy atom. The molecule has 1 heterocycles. The van der Waals surface area contributed by atoms with Crippen LogP contribution in [0.4, 0.5) is 5.69 Å². The third-order valence-electron chi connectivity index (χ3n) is 5.71. The van der Waals surface area contributed by atoms with E-state index in [1.54, 1.807) is 60.4 Å². The van der Waals surface area contributed by atoms with Crippen LogP contribution in [0.3, 0.4) is 0 Å². The summed E-state index contributed by atoms with van der Waals surface area (Å²) in [6.45, 7) is 4.01. The molecule has 0 unspecified atom stereocenters. The number of halogens is 1. The molecule has 0 atom stereocenters. The van der Waals surface area contributed by atoms with Crippen LogP contribution in [-0.2, 0) is 0 Å². The van der Waals surface area contributed by atoms with Gasteiger partial charge in [-0.2, -0.15) is 0 Å². The van der Waals surface area contributed by atoms with Crippen molar-refractivity contribution in [3.63, 3.8) is 0 Å². The number of carbonyl (C=O) groups is 3. The van der Waals surface area contributed by atoms with Crippen LogP contribution in [0, 0.1) is 0 Å². The largest absolute Gasteiger partial charge is 0.368 e. The normalized spacial score (nSPS) is 13.7. The van der Waals surface area contributed by atoms with Crippen molar-refractivity contribution in [2.45, 2.75) is 6.92 Å². The molecule has 0 saturated carbocycles. The molecule has 0 aliphatic carbocycles. The molecular weight excluding hydrogens is 424 g/mol. The van der Waals surface area contributed by atoms with Crippen molar-refractivity contribution in [2.75, 3.05) is 31.1 Å². The molecule has 4 rings (SSSR count). The topological polar surface area (TPSA) is 57.7 Å². The van der Waals surface area contributed by atoms with Crippen LogP contribution in [-0.4, -0.2) is 48.6 Å². The van der Waals surface area contributed by atoms with Crippen molar-refractivity contribution >= 4 is 34.8 Å². The number of Topliss-reactive ketones (excluding diaryl/α,β-unsaturated/α-hetero) is 1. The number of nitrogens with zero attached hydrogens (tertiary/aromatic N) is 2. The summed E-state index contributed by atoms with van der Waals surface area (Å²) in [5.41, 5.74) is 3.01. The Balaban J connectivity index is 1.47. The molecule has 0 N–H and O–H groups in total. The van der Waals surface area contributed by atoms with Crippen LogP contribution < -0.4 is 4.90 Å². The van der Waals surface area contributed by atoms with Gasteiger partial charge in [-0.25, -0.2) is 0 Å². The highest BCUT2D eigenvalue weighted by molar-refractivity contribution is 6.30. The second-order valence-electron chi connectivity index (χ2n) is 7.76. The molecule has 6 heteroatoms.